The molecule has 1 atom stereocenters. The van der Waals surface area contributed by atoms with Crippen molar-refractivity contribution >= 4 is 16.8 Å². The second-order valence-electron chi connectivity index (χ2n) is 7.25. The second-order valence-corrected chi connectivity index (χ2v) is 7.25. The van der Waals surface area contributed by atoms with Gasteiger partial charge in [0, 0.05) is 28.9 Å². The van der Waals surface area contributed by atoms with E-state index in [-0.39, 0.29) is 0 Å². The number of alkyl halides is 3. The summed E-state index contributed by atoms with van der Waals surface area (Å²) in [5, 5.41) is 3.80. The van der Waals surface area contributed by atoms with E-state index in [1.54, 1.807) is 55.7 Å². The number of carbonyl (C=O) groups is 1. The van der Waals surface area contributed by atoms with Crippen LogP contribution in [0.15, 0.2) is 79.1 Å². The van der Waals surface area contributed by atoms with E-state index in [1.165, 1.54) is 12.1 Å². The van der Waals surface area contributed by atoms with Gasteiger partial charge in [-0.05, 0) is 55.0 Å². The third-order valence-electron chi connectivity index (χ3n) is 5.09. The molecule has 0 aliphatic rings. The molecule has 7 heteroatoms. The maximum Gasteiger partial charge on any atom is 0.416 e. The lowest BCUT2D eigenvalue weighted by molar-refractivity contribution is -0.137. The molecule has 0 spiro atoms. The van der Waals surface area contributed by atoms with E-state index in [2.05, 4.69) is 27.1 Å². The Balaban J connectivity index is 1.75. The SMILES string of the molecule is CC#Cc1cccnc1[C@@H](NC(=O)c1ccc2cccnc2c1)c1ccc(C(F)(F)F)cc1. The summed E-state index contributed by atoms with van der Waals surface area (Å²) in [6.45, 7) is 1.67. The van der Waals surface area contributed by atoms with Crippen molar-refractivity contribution in [1.82, 2.24) is 15.3 Å². The van der Waals surface area contributed by atoms with Crippen LogP contribution in [0.1, 0.15) is 45.7 Å². The molecule has 0 unspecified atom stereocenters. The van der Waals surface area contributed by atoms with Gasteiger partial charge in [0.05, 0.1) is 22.8 Å². The molecule has 1 amide bonds. The molecule has 4 aromatic rings. The predicted octanol–water partition coefficient (Wildman–Crippen LogP) is 5.54. The zero-order valence-corrected chi connectivity index (χ0v) is 17.5. The van der Waals surface area contributed by atoms with Gasteiger partial charge in [0.25, 0.3) is 5.91 Å². The number of hydrogen-bond donors (Lipinski definition) is 1. The van der Waals surface area contributed by atoms with Crippen LogP contribution >= 0.6 is 0 Å². The number of hydrogen-bond acceptors (Lipinski definition) is 3. The first-order valence-corrected chi connectivity index (χ1v) is 10.1. The molecule has 0 saturated heterocycles. The van der Waals surface area contributed by atoms with Crippen molar-refractivity contribution in [2.24, 2.45) is 0 Å². The Kier molecular flexibility index (Phi) is 6.09. The smallest absolute Gasteiger partial charge is 0.339 e. The first-order valence-electron chi connectivity index (χ1n) is 10.1. The van der Waals surface area contributed by atoms with Gasteiger partial charge in [-0.25, -0.2) is 0 Å². The molecule has 4 nitrogen and oxygen atoms in total. The number of rotatable bonds is 4. The molecule has 164 valence electrons. The highest BCUT2D eigenvalue weighted by atomic mass is 19.4. The molecule has 0 aliphatic heterocycles. The lowest BCUT2D eigenvalue weighted by Crippen LogP contribution is -2.30. The number of aromatic nitrogens is 2. The Hall–Kier alpha value is -4.18. The van der Waals surface area contributed by atoms with E-state index in [0.717, 1.165) is 17.5 Å². The molecule has 1 N–H and O–H groups in total. The van der Waals surface area contributed by atoms with Gasteiger partial charge in [0.2, 0.25) is 0 Å². The van der Waals surface area contributed by atoms with Crippen molar-refractivity contribution < 1.29 is 18.0 Å². The van der Waals surface area contributed by atoms with Gasteiger partial charge in [-0.1, -0.05) is 30.2 Å². The average Bonchev–Trinajstić information content (AvgIpc) is 2.82. The molecule has 0 bridgehead atoms. The van der Waals surface area contributed by atoms with Crippen molar-refractivity contribution in [3.63, 3.8) is 0 Å². The Morgan fingerprint density at radius 1 is 0.970 bits per heavy atom. The summed E-state index contributed by atoms with van der Waals surface area (Å²) < 4.78 is 39.2. The number of carbonyl (C=O) groups excluding carboxylic acids is 1. The third kappa shape index (κ3) is 4.85. The van der Waals surface area contributed by atoms with Crippen molar-refractivity contribution in [3.05, 3.63) is 107 Å². The van der Waals surface area contributed by atoms with Gasteiger partial charge in [-0.15, -0.1) is 5.92 Å². The van der Waals surface area contributed by atoms with Gasteiger partial charge in [0.15, 0.2) is 0 Å². The molecule has 2 heterocycles. The van der Waals surface area contributed by atoms with Crippen molar-refractivity contribution in [2.45, 2.75) is 19.1 Å². The van der Waals surface area contributed by atoms with Crippen molar-refractivity contribution in [3.8, 4) is 11.8 Å². The van der Waals surface area contributed by atoms with E-state index >= 15 is 0 Å². The first kappa shape index (κ1) is 22.0. The molecular weight excluding hydrogens is 427 g/mol. The molecular formula is C26H18F3N3O. The van der Waals surface area contributed by atoms with Crippen LogP contribution < -0.4 is 5.32 Å². The molecule has 33 heavy (non-hydrogen) atoms. The molecule has 0 saturated carbocycles. The van der Waals surface area contributed by atoms with Crippen LogP contribution in [-0.2, 0) is 6.18 Å². The summed E-state index contributed by atoms with van der Waals surface area (Å²) in [7, 11) is 0. The Labute approximate surface area is 188 Å². The number of amides is 1. The monoisotopic (exact) mass is 445 g/mol. The average molecular weight is 445 g/mol. The fourth-order valence-electron chi connectivity index (χ4n) is 3.48. The lowest BCUT2D eigenvalue weighted by Gasteiger charge is -2.21. The van der Waals surface area contributed by atoms with Crippen molar-refractivity contribution in [2.75, 3.05) is 0 Å². The highest BCUT2D eigenvalue weighted by Crippen LogP contribution is 2.31. The zero-order chi connectivity index (χ0) is 23.4. The number of nitrogens with zero attached hydrogens (tertiary/aromatic N) is 2. The fraction of sp³-hybridized carbons (Fsp3) is 0.115. The zero-order valence-electron chi connectivity index (χ0n) is 17.5. The summed E-state index contributed by atoms with van der Waals surface area (Å²) in [6, 6.07) is 16.1. The highest BCUT2D eigenvalue weighted by Gasteiger charge is 2.31. The molecule has 2 aromatic heterocycles. The van der Waals surface area contributed by atoms with Crippen LogP contribution in [0.4, 0.5) is 13.2 Å². The summed E-state index contributed by atoms with van der Waals surface area (Å²) in [5.41, 5.74) is 1.73. The molecule has 4 rings (SSSR count). The van der Waals surface area contributed by atoms with Gasteiger partial charge in [0.1, 0.15) is 0 Å². The van der Waals surface area contributed by atoms with Crippen LogP contribution in [0.2, 0.25) is 0 Å². The Morgan fingerprint density at radius 2 is 1.70 bits per heavy atom. The van der Waals surface area contributed by atoms with E-state index in [1.807, 2.05) is 6.07 Å². The van der Waals surface area contributed by atoms with E-state index in [0.29, 0.717) is 27.9 Å². The van der Waals surface area contributed by atoms with E-state index in [4.69, 9.17) is 0 Å². The molecule has 0 fully saturated rings. The minimum absolute atomic E-state index is 0.372. The van der Waals surface area contributed by atoms with Gasteiger partial charge >= 0.3 is 6.18 Å². The minimum Gasteiger partial charge on any atom is -0.339 e. The number of pyridine rings is 2. The number of fused-ring (bicyclic) bond motifs is 1. The first-order chi connectivity index (χ1) is 15.9. The quantitative estimate of drug-likeness (QED) is 0.420. The van der Waals surface area contributed by atoms with Crippen LogP contribution in [0.25, 0.3) is 10.9 Å². The predicted molar refractivity (Wildman–Crippen MR) is 119 cm³/mol. The Morgan fingerprint density at radius 3 is 2.42 bits per heavy atom. The minimum atomic E-state index is -4.46. The Bertz CT molecular complexity index is 1370. The molecule has 0 aliphatic carbocycles. The van der Waals surface area contributed by atoms with Gasteiger partial charge in [-0.2, -0.15) is 13.2 Å². The highest BCUT2D eigenvalue weighted by molar-refractivity contribution is 5.98. The standard InChI is InChI=1S/C26H18F3N3O/c1-2-5-18-7-4-15-31-23(18)24(19-10-12-21(13-11-19)26(27,28)29)32-25(33)20-9-8-17-6-3-14-30-22(17)16-20/h3-4,6-16,24H,1H3,(H,32,33)/t24-/m0/s1. The largest absolute Gasteiger partial charge is 0.416 e. The van der Waals surface area contributed by atoms with E-state index in [9.17, 15) is 18.0 Å². The van der Waals surface area contributed by atoms with Crippen LogP contribution in [0.3, 0.4) is 0 Å². The number of halogens is 3. The topological polar surface area (TPSA) is 54.9 Å². The van der Waals surface area contributed by atoms with Crippen LogP contribution in [-0.4, -0.2) is 15.9 Å². The lowest BCUT2D eigenvalue weighted by atomic mass is 9.97. The van der Waals surface area contributed by atoms with E-state index < -0.39 is 23.7 Å². The summed E-state index contributed by atoms with van der Waals surface area (Å²) in [4.78, 5) is 21.8. The normalized spacial score (nSPS) is 12.0. The maximum atomic E-state index is 13.2. The second kappa shape index (κ2) is 9.13. The summed E-state index contributed by atoms with van der Waals surface area (Å²) >= 11 is 0. The number of nitrogens with one attached hydrogen (secondary N) is 1. The van der Waals surface area contributed by atoms with Gasteiger partial charge in [-0.3, -0.25) is 14.8 Å². The number of benzene rings is 2. The summed E-state index contributed by atoms with van der Waals surface area (Å²) in [5.74, 6) is 5.34. The summed E-state index contributed by atoms with van der Waals surface area (Å²) in [6.07, 6.45) is -1.27. The van der Waals surface area contributed by atoms with Crippen molar-refractivity contribution in [1.29, 1.82) is 0 Å². The third-order valence-corrected chi connectivity index (χ3v) is 5.09. The van der Waals surface area contributed by atoms with Crippen LogP contribution in [0, 0.1) is 11.8 Å². The van der Waals surface area contributed by atoms with Gasteiger partial charge < -0.3 is 5.32 Å². The molecule has 0 radical (unpaired) electrons. The fourth-order valence-corrected chi connectivity index (χ4v) is 3.48. The molecule has 2 aromatic carbocycles. The van der Waals surface area contributed by atoms with Crippen LogP contribution in [0.5, 0.6) is 0 Å². The maximum absolute atomic E-state index is 13.2.